The Hall–Kier alpha value is -1.10. The van der Waals surface area contributed by atoms with Crippen LogP contribution in [0.2, 0.25) is 0 Å². The number of nitrogens with one attached hydrogen (secondary N) is 1. The van der Waals surface area contributed by atoms with Gasteiger partial charge in [-0.3, -0.25) is 11.3 Å². The molecule has 0 bridgehead atoms. The molecule has 3 N–H and O–H groups in total. The molecule has 4 heteroatoms. The van der Waals surface area contributed by atoms with E-state index >= 15 is 0 Å². The Kier molecular flexibility index (Phi) is 6.20. The molecule has 0 fully saturated rings. The number of nitrogens with two attached hydrogens (primary N) is 1. The first kappa shape index (κ1) is 18.0. The number of ether oxygens (including phenoxy) is 2. The van der Waals surface area contributed by atoms with Crippen molar-refractivity contribution in [2.24, 2.45) is 11.3 Å². The molecule has 1 rings (SSSR count). The standard InChI is InChI=1S/C17H30N2O2/c1-8-21-16(17(4,5)6)15(19-18)13-9-12(3)14(20-7)10-11(13)2/h9-10,15-16,19H,8,18H2,1-7H3. The van der Waals surface area contributed by atoms with Crippen LogP contribution < -0.4 is 16.0 Å². The summed E-state index contributed by atoms with van der Waals surface area (Å²) in [6.45, 7) is 13.3. The average molecular weight is 294 g/mol. The lowest BCUT2D eigenvalue weighted by Gasteiger charge is -2.37. The van der Waals surface area contributed by atoms with E-state index < -0.39 is 0 Å². The van der Waals surface area contributed by atoms with E-state index in [1.807, 2.05) is 13.8 Å². The third-order valence-corrected chi connectivity index (χ3v) is 3.80. The van der Waals surface area contributed by atoms with E-state index in [4.69, 9.17) is 15.3 Å². The minimum absolute atomic E-state index is 0.0148. The second-order valence-corrected chi connectivity index (χ2v) is 6.56. The smallest absolute Gasteiger partial charge is 0.122 e. The molecule has 0 heterocycles. The second-order valence-electron chi connectivity index (χ2n) is 6.56. The molecule has 2 atom stereocenters. The Labute approximate surface area is 129 Å². The lowest BCUT2D eigenvalue weighted by Crippen LogP contribution is -2.45. The summed E-state index contributed by atoms with van der Waals surface area (Å²) in [6.07, 6.45) is -0.0148. The normalized spacial score (nSPS) is 14.9. The summed E-state index contributed by atoms with van der Waals surface area (Å²) in [6, 6.07) is 4.13. The average Bonchev–Trinajstić information content (AvgIpc) is 2.40. The van der Waals surface area contributed by atoms with Crippen LogP contribution in [-0.2, 0) is 4.74 Å². The molecule has 0 radical (unpaired) electrons. The molecule has 0 aromatic heterocycles. The zero-order valence-electron chi connectivity index (χ0n) is 14.4. The maximum atomic E-state index is 5.99. The van der Waals surface area contributed by atoms with E-state index in [1.165, 1.54) is 0 Å². The molecular formula is C17H30N2O2. The highest BCUT2D eigenvalue weighted by Gasteiger charge is 2.34. The van der Waals surface area contributed by atoms with Crippen molar-refractivity contribution in [2.45, 2.75) is 53.7 Å². The Bertz CT molecular complexity index is 467. The van der Waals surface area contributed by atoms with Gasteiger partial charge in [-0.15, -0.1) is 0 Å². The van der Waals surface area contributed by atoms with E-state index in [1.54, 1.807) is 7.11 Å². The zero-order chi connectivity index (χ0) is 16.2. The van der Waals surface area contributed by atoms with Crippen molar-refractivity contribution in [3.63, 3.8) is 0 Å². The molecule has 1 aromatic carbocycles. The lowest BCUT2D eigenvalue weighted by molar-refractivity contribution is -0.0368. The topological polar surface area (TPSA) is 56.5 Å². The summed E-state index contributed by atoms with van der Waals surface area (Å²) >= 11 is 0. The summed E-state index contributed by atoms with van der Waals surface area (Å²) in [5, 5.41) is 0. The van der Waals surface area contributed by atoms with Crippen LogP contribution in [0.25, 0.3) is 0 Å². The van der Waals surface area contributed by atoms with Crippen molar-refractivity contribution in [3.8, 4) is 5.75 Å². The van der Waals surface area contributed by atoms with Crippen LogP contribution in [0, 0.1) is 19.3 Å². The number of benzene rings is 1. The predicted octanol–water partition coefficient (Wildman–Crippen LogP) is 3.27. The summed E-state index contributed by atoms with van der Waals surface area (Å²) in [5.74, 6) is 6.76. The summed E-state index contributed by atoms with van der Waals surface area (Å²) in [7, 11) is 1.69. The lowest BCUT2D eigenvalue weighted by atomic mass is 9.81. The van der Waals surface area contributed by atoms with Crippen LogP contribution in [0.5, 0.6) is 5.75 Å². The van der Waals surface area contributed by atoms with Crippen molar-refractivity contribution < 1.29 is 9.47 Å². The maximum Gasteiger partial charge on any atom is 0.122 e. The number of rotatable bonds is 6. The number of hydrogen-bond acceptors (Lipinski definition) is 4. The van der Waals surface area contributed by atoms with Crippen LogP contribution >= 0.6 is 0 Å². The van der Waals surface area contributed by atoms with Gasteiger partial charge in [-0.1, -0.05) is 26.8 Å². The van der Waals surface area contributed by atoms with Crippen LogP contribution in [0.1, 0.15) is 50.4 Å². The first-order valence-corrected chi connectivity index (χ1v) is 7.49. The molecule has 1 aromatic rings. The second kappa shape index (κ2) is 7.25. The molecule has 0 spiro atoms. The van der Waals surface area contributed by atoms with Gasteiger partial charge in [0.1, 0.15) is 5.75 Å². The Morgan fingerprint density at radius 2 is 1.81 bits per heavy atom. The molecule has 4 nitrogen and oxygen atoms in total. The van der Waals surface area contributed by atoms with Gasteiger partial charge in [-0.05, 0) is 48.9 Å². The SMILES string of the molecule is CCOC(C(NN)c1cc(C)c(OC)cc1C)C(C)(C)C. The molecule has 0 aliphatic carbocycles. The molecule has 0 saturated heterocycles. The van der Waals surface area contributed by atoms with E-state index in [9.17, 15) is 0 Å². The van der Waals surface area contributed by atoms with E-state index in [0.29, 0.717) is 6.61 Å². The minimum Gasteiger partial charge on any atom is -0.496 e. The van der Waals surface area contributed by atoms with Gasteiger partial charge in [0.25, 0.3) is 0 Å². The van der Waals surface area contributed by atoms with Gasteiger partial charge in [0.2, 0.25) is 0 Å². The van der Waals surface area contributed by atoms with E-state index in [-0.39, 0.29) is 17.6 Å². The van der Waals surface area contributed by atoms with Crippen LogP contribution in [0.3, 0.4) is 0 Å². The van der Waals surface area contributed by atoms with Crippen molar-refractivity contribution in [1.29, 1.82) is 0 Å². The predicted molar refractivity (Wildman–Crippen MR) is 87.4 cm³/mol. The molecular weight excluding hydrogens is 264 g/mol. The van der Waals surface area contributed by atoms with Gasteiger partial charge in [0.15, 0.2) is 0 Å². The number of methoxy groups -OCH3 is 1. The monoisotopic (exact) mass is 294 g/mol. The molecule has 21 heavy (non-hydrogen) atoms. The first-order valence-electron chi connectivity index (χ1n) is 7.49. The zero-order valence-corrected chi connectivity index (χ0v) is 14.4. The fraction of sp³-hybridized carbons (Fsp3) is 0.647. The van der Waals surface area contributed by atoms with E-state index in [0.717, 1.165) is 22.4 Å². The Morgan fingerprint density at radius 3 is 2.24 bits per heavy atom. The molecule has 0 aliphatic heterocycles. The maximum absolute atomic E-state index is 5.99. The highest BCUT2D eigenvalue weighted by atomic mass is 16.5. The van der Waals surface area contributed by atoms with Gasteiger partial charge in [-0.25, -0.2) is 0 Å². The third kappa shape index (κ3) is 4.19. The van der Waals surface area contributed by atoms with Gasteiger partial charge in [0, 0.05) is 6.61 Å². The summed E-state index contributed by atoms with van der Waals surface area (Å²) in [5.41, 5.74) is 6.33. The largest absolute Gasteiger partial charge is 0.496 e. The van der Waals surface area contributed by atoms with Crippen molar-refractivity contribution in [1.82, 2.24) is 5.43 Å². The Balaban J connectivity index is 3.28. The summed E-state index contributed by atoms with van der Waals surface area (Å²) in [4.78, 5) is 0. The van der Waals surface area contributed by atoms with E-state index in [2.05, 4.69) is 45.3 Å². The summed E-state index contributed by atoms with van der Waals surface area (Å²) < 4.78 is 11.4. The van der Waals surface area contributed by atoms with Crippen molar-refractivity contribution >= 4 is 0 Å². The van der Waals surface area contributed by atoms with Gasteiger partial charge < -0.3 is 9.47 Å². The van der Waals surface area contributed by atoms with Crippen LogP contribution in [0.4, 0.5) is 0 Å². The van der Waals surface area contributed by atoms with Gasteiger partial charge in [0.05, 0.1) is 19.3 Å². The fourth-order valence-electron chi connectivity index (χ4n) is 2.73. The first-order chi connectivity index (χ1) is 9.76. The van der Waals surface area contributed by atoms with Crippen molar-refractivity contribution in [3.05, 3.63) is 28.8 Å². The van der Waals surface area contributed by atoms with Crippen LogP contribution in [0.15, 0.2) is 12.1 Å². The molecule has 0 amide bonds. The minimum atomic E-state index is -0.0606. The number of aryl methyl sites for hydroxylation is 2. The van der Waals surface area contributed by atoms with Gasteiger partial charge >= 0.3 is 0 Å². The highest BCUT2D eigenvalue weighted by molar-refractivity contribution is 5.43. The Morgan fingerprint density at radius 1 is 1.19 bits per heavy atom. The quantitative estimate of drug-likeness (QED) is 0.624. The van der Waals surface area contributed by atoms with Crippen molar-refractivity contribution in [2.75, 3.05) is 13.7 Å². The van der Waals surface area contributed by atoms with Gasteiger partial charge in [-0.2, -0.15) is 0 Å². The molecule has 0 aliphatic rings. The molecule has 120 valence electrons. The van der Waals surface area contributed by atoms with Crippen LogP contribution in [-0.4, -0.2) is 19.8 Å². The number of hydrogen-bond donors (Lipinski definition) is 2. The number of hydrazine groups is 1. The molecule has 2 unspecified atom stereocenters. The fourth-order valence-corrected chi connectivity index (χ4v) is 2.73. The third-order valence-electron chi connectivity index (χ3n) is 3.80. The molecule has 0 saturated carbocycles. The highest BCUT2D eigenvalue weighted by Crippen LogP contribution is 2.35.